The smallest absolute Gasteiger partial charge is 0.0281 e. The van der Waals surface area contributed by atoms with Gasteiger partial charge in [0.1, 0.15) is 0 Å². The molecule has 2 rings (SSSR count). The maximum Gasteiger partial charge on any atom is 0.0281 e. The summed E-state index contributed by atoms with van der Waals surface area (Å²) >= 11 is 1.93. The first-order valence-electron chi connectivity index (χ1n) is 7.39. The normalized spacial score (nSPS) is 26.3. The van der Waals surface area contributed by atoms with Crippen molar-refractivity contribution in [3.8, 4) is 0 Å². The molecule has 106 valence electrons. The van der Waals surface area contributed by atoms with Crippen molar-refractivity contribution >= 4 is 11.8 Å². The fraction of sp³-hybridized carbons (Fsp3) is 0.625. The molecule has 1 heterocycles. The molecule has 2 nitrogen and oxygen atoms in total. The molecular weight excluding hydrogens is 252 g/mol. The molecular formula is C16H26N2S. The molecule has 3 heteroatoms. The minimum absolute atomic E-state index is 0.508. The summed E-state index contributed by atoms with van der Waals surface area (Å²) in [6, 6.07) is 12.5. The van der Waals surface area contributed by atoms with Gasteiger partial charge in [-0.05, 0) is 45.7 Å². The highest BCUT2D eigenvalue weighted by atomic mass is 32.2. The van der Waals surface area contributed by atoms with E-state index < -0.39 is 0 Å². The summed E-state index contributed by atoms with van der Waals surface area (Å²) in [4.78, 5) is 1.36. The van der Waals surface area contributed by atoms with E-state index in [2.05, 4.69) is 61.5 Å². The summed E-state index contributed by atoms with van der Waals surface area (Å²) in [5.74, 6) is 1.11. The van der Waals surface area contributed by atoms with Crippen molar-refractivity contribution in [2.24, 2.45) is 0 Å². The van der Waals surface area contributed by atoms with Crippen molar-refractivity contribution in [3.63, 3.8) is 0 Å². The van der Waals surface area contributed by atoms with Crippen LogP contribution >= 0.6 is 11.8 Å². The molecule has 3 atom stereocenters. The van der Waals surface area contributed by atoms with E-state index in [0.29, 0.717) is 18.1 Å². The number of benzene rings is 1. The quantitative estimate of drug-likeness (QED) is 0.821. The van der Waals surface area contributed by atoms with Gasteiger partial charge in [-0.1, -0.05) is 24.6 Å². The Morgan fingerprint density at radius 3 is 2.47 bits per heavy atom. The zero-order valence-electron chi connectivity index (χ0n) is 12.3. The van der Waals surface area contributed by atoms with Gasteiger partial charge in [-0.3, -0.25) is 5.43 Å². The molecule has 1 fully saturated rings. The highest BCUT2D eigenvalue weighted by Gasteiger charge is 2.25. The Morgan fingerprint density at radius 1 is 1.21 bits per heavy atom. The lowest BCUT2D eigenvalue weighted by Gasteiger charge is -2.40. The second-order valence-electron chi connectivity index (χ2n) is 5.69. The van der Waals surface area contributed by atoms with E-state index in [1.165, 1.54) is 24.2 Å². The van der Waals surface area contributed by atoms with E-state index in [0.717, 1.165) is 5.75 Å². The second-order valence-corrected chi connectivity index (χ2v) is 6.78. The van der Waals surface area contributed by atoms with E-state index >= 15 is 0 Å². The average molecular weight is 278 g/mol. The topological polar surface area (TPSA) is 15.3 Å². The summed E-state index contributed by atoms with van der Waals surface area (Å²) < 4.78 is 0. The maximum absolute atomic E-state index is 3.70. The van der Waals surface area contributed by atoms with Crippen molar-refractivity contribution in [3.05, 3.63) is 30.3 Å². The lowest BCUT2D eigenvalue weighted by molar-refractivity contribution is 0.0358. The predicted molar refractivity (Wildman–Crippen MR) is 84.4 cm³/mol. The number of nitrogens with zero attached hydrogens (tertiary/aromatic N) is 1. The van der Waals surface area contributed by atoms with Gasteiger partial charge >= 0.3 is 0 Å². The van der Waals surface area contributed by atoms with Crippen LogP contribution in [0.1, 0.15) is 40.0 Å². The molecule has 3 unspecified atom stereocenters. The van der Waals surface area contributed by atoms with Crippen LogP contribution in [-0.2, 0) is 0 Å². The van der Waals surface area contributed by atoms with Crippen LogP contribution in [-0.4, -0.2) is 28.9 Å². The van der Waals surface area contributed by atoms with Crippen LogP contribution in [0.5, 0.6) is 0 Å². The third kappa shape index (κ3) is 4.51. The Hall–Kier alpha value is -0.510. The number of hydrazine groups is 1. The van der Waals surface area contributed by atoms with Crippen LogP contribution < -0.4 is 5.43 Å². The molecule has 19 heavy (non-hydrogen) atoms. The van der Waals surface area contributed by atoms with Gasteiger partial charge in [-0.15, -0.1) is 11.8 Å². The molecule has 0 aliphatic carbocycles. The first-order valence-corrected chi connectivity index (χ1v) is 8.37. The van der Waals surface area contributed by atoms with Crippen LogP contribution in [0.3, 0.4) is 0 Å². The molecule has 1 N–H and O–H groups in total. The number of thioether (sulfide) groups is 1. The van der Waals surface area contributed by atoms with Crippen LogP contribution in [0.2, 0.25) is 0 Å². The Bertz CT molecular complexity index is 358. The first-order chi connectivity index (χ1) is 9.16. The monoisotopic (exact) mass is 278 g/mol. The Balaban J connectivity index is 1.78. The third-order valence-corrected chi connectivity index (χ3v) is 5.08. The Labute approximate surface area is 121 Å². The zero-order valence-corrected chi connectivity index (χ0v) is 13.1. The SMILES string of the molecule is CC(CSc1ccccc1)NN1C(C)CCCC1C. The minimum Gasteiger partial charge on any atom is -0.251 e. The second kappa shape index (κ2) is 7.32. The summed E-state index contributed by atoms with van der Waals surface area (Å²) in [6.45, 7) is 6.95. The minimum atomic E-state index is 0.508. The predicted octanol–water partition coefficient (Wildman–Crippen LogP) is 3.93. The van der Waals surface area contributed by atoms with Crippen LogP contribution in [0.15, 0.2) is 35.2 Å². The molecule has 1 aromatic rings. The fourth-order valence-corrected chi connectivity index (χ4v) is 3.57. The highest BCUT2D eigenvalue weighted by molar-refractivity contribution is 7.99. The molecule has 1 saturated heterocycles. The molecule has 1 aliphatic rings. The molecule has 0 saturated carbocycles. The lowest BCUT2D eigenvalue weighted by atomic mass is 10.00. The van der Waals surface area contributed by atoms with Gasteiger partial charge in [0.2, 0.25) is 0 Å². The van der Waals surface area contributed by atoms with E-state index in [1.54, 1.807) is 0 Å². The zero-order chi connectivity index (χ0) is 13.7. The molecule has 0 radical (unpaired) electrons. The van der Waals surface area contributed by atoms with Gasteiger partial charge in [-0.2, -0.15) is 0 Å². The summed E-state index contributed by atoms with van der Waals surface area (Å²) in [5.41, 5.74) is 3.70. The van der Waals surface area contributed by atoms with E-state index in [1.807, 2.05) is 11.8 Å². The van der Waals surface area contributed by atoms with Crippen molar-refractivity contribution in [2.45, 2.75) is 63.1 Å². The first kappa shape index (κ1) is 14.9. The summed E-state index contributed by atoms with van der Waals surface area (Å²) in [7, 11) is 0. The van der Waals surface area contributed by atoms with E-state index in [-0.39, 0.29) is 0 Å². The number of hydrogen-bond acceptors (Lipinski definition) is 3. The molecule has 0 amide bonds. The van der Waals surface area contributed by atoms with E-state index in [9.17, 15) is 0 Å². The average Bonchev–Trinajstić information content (AvgIpc) is 2.42. The Morgan fingerprint density at radius 2 is 1.84 bits per heavy atom. The Kier molecular flexibility index (Phi) is 5.74. The van der Waals surface area contributed by atoms with Crippen LogP contribution in [0.4, 0.5) is 0 Å². The highest BCUT2D eigenvalue weighted by Crippen LogP contribution is 2.22. The van der Waals surface area contributed by atoms with Crippen molar-refractivity contribution in [1.82, 2.24) is 10.4 Å². The van der Waals surface area contributed by atoms with Gasteiger partial charge < -0.3 is 0 Å². The van der Waals surface area contributed by atoms with Gasteiger partial charge in [0.05, 0.1) is 0 Å². The summed E-state index contributed by atoms with van der Waals surface area (Å²) in [5, 5.41) is 2.47. The fourth-order valence-electron chi connectivity index (χ4n) is 2.71. The van der Waals surface area contributed by atoms with Crippen LogP contribution in [0, 0.1) is 0 Å². The van der Waals surface area contributed by atoms with Gasteiger partial charge in [-0.25, -0.2) is 5.01 Å². The standard InChI is InChI=1S/C16H26N2S/c1-13(12-19-16-10-5-4-6-11-16)17-18-14(2)8-7-9-15(18)3/h4-6,10-11,13-15,17H,7-9,12H2,1-3H3. The van der Waals surface area contributed by atoms with Gasteiger partial charge in [0, 0.05) is 28.8 Å². The van der Waals surface area contributed by atoms with Gasteiger partial charge in [0.25, 0.3) is 0 Å². The lowest BCUT2D eigenvalue weighted by Crippen LogP contribution is -2.55. The molecule has 0 bridgehead atoms. The third-order valence-electron chi connectivity index (χ3n) is 3.81. The number of nitrogens with one attached hydrogen (secondary N) is 1. The summed E-state index contributed by atoms with van der Waals surface area (Å²) in [6.07, 6.45) is 4.00. The molecule has 1 aromatic carbocycles. The molecule has 0 aromatic heterocycles. The molecule has 0 spiro atoms. The number of hydrogen-bond donors (Lipinski definition) is 1. The van der Waals surface area contributed by atoms with Crippen molar-refractivity contribution in [2.75, 3.05) is 5.75 Å². The number of piperidine rings is 1. The number of rotatable bonds is 5. The van der Waals surface area contributed by atoms with Crippen molar-refractivity contribution in [1.29, 1.82) is 0 Å². The van der Waals surface area contributed by atoms with Crippen LogP contribution in [0.25, 0.3) is 0 Å². The maximum atomic E-state index is 3.70. The van der Waals surface area contributed by atoms with Crippen molar-refractivity contribution < 1.29 is 0 Å². The molecule has 1 aliphatic heterocycles. The largest absolute Gasteiger partial charge is 0.251 e. The van der Waals surface area contributed by atoms with E-state index in [4.69, 9.17) is 0 Å². The van der Waals surface area contributed by atoms with Gasteiger partial charge in [0.15, 0.2) is 0 Å².